The molecule has 0 aromatic heterocycles. The predicted octanol–water partition coefficient (Wildman–Crippen LogP) is 2.12. The number of benzene rings is 2. The molecule has 3 heterocycles. The van der Waals surface area contributed by atoms with E-state index >= 15 is 0 Å². The molecular formula is C55H76N8O16. The average Bonchev–Trinajstić information content (AvgIpc) is 3.97. The van der Waals surface area contributed by atoms with Crippen LogP contribution in [-0.2, 0) is 71.4 Å². The van der Waals surface area contributed by atoms with Gasteiger partial charge in [-0.2, -0.15) is 5.26 Å². The number of imide groups is 1. The van der Waals surface area contributed by atoms with Crippen LogP contribution in [0.25, 0.3) is 17.2 Å². The molecule has 1 saturated heterocycles. The number of nitrogens with two attached hydrogens (primary N) is 1. The van der Waals surface area contributed by atoms with Crippen LogP contribution in [0.1, 0.15) is 55.5 Å². The highest BCUT2D eigenvalue weighted by atomic mass is 16.7. The van der Waals surface area contributed by atoms with Gasteiger partial charge in [0.15, 0.2) is 0 Å². The average molecular weight is 1110 g/mol. The summed E-state index contributed by atoms with van der Waals surface area (Å²) >= 11 is 0. The first-order valence-electron chi connectivity index (χ1n) is 26.8. The number of carbonyl (C=O) groups excluding carboxylic acids is 6. The Labute approximate surface area is 461 Å². The van der Waals surface area contributed by atoms with Gasteiger partial charge in [-0.05, 0) is 61.6 Å². The molecule has 2 aromatic rings. The Morgan fingerprint density at radius 2 is 1.18 bits per heavy atom. The molecular weight excluding hydrogens is 1030 g/mol. The van der Waals surface area contributed by atoms with Crippen LogP contribution in [0.5, 0.6) is 0 Å². The second kappa shape index (κ2) is 36.6. The molecule has 5 rings (SSSR count). The number of likely N-dealkylation sites (tertiary alicyclic amines) is 1. The number of hydrogen-bond donors (Lipinski definition) is 3. The smallest absolute Gasteiger partial charge is 0.273 e. The van der Waals surface area contributed by atoms with Gasteiger partial charge < -0.3 is 63.9 Å². The molecule has 0 saturated carbocycles. The minimum absolute atomic E-state index is 0.181. The number of nitrogens with zero attached hydrogens (tertiary/aromatic N) is 5. The van der Waals surface area contributed by atoms with Crippen molar-refractivity contribution < 1.29 is 76.2 Å². The van der Waals surface area contributed by atoms with E-state index in [1.54, 1.807) is 30.3 Å². The van der Waals surface area contributed by atoms with E-state index in [9.17, 15) is 34.0 Å². The second-order valence-corrected chi connectivity index (χ2v) is 17.8. The van der Waals surface area contributed by atoms with Gasteiger partial charge in [0, 0.05) is 54.9 Å². The molecule has 24 nitrogen and oxygen atoms in total. The van der Waals surface area contributed by atoms with Crippen molar-refractivity contribution in [2.24, 2.45) is 10.7 Å². The second-order valence-electron chi connectivity index (χ2n) is 17.8. The number of ether oxygens (including phenoxy) is 9. The number of nitrogens with one attached hydrogen (secondary N) is 2. The summed E-state index contributed by atoms with van der Waals surface area (Å²) in [5.74, 6) is -2.16. The zero-order valence-corrected chi connectivity index (χ0v) is 45.4. The fourth-order valence-corrected chi connectivity index (χ4v) is 8.16. The fraction of sp³-hybridized carbons (Fsp3) is 0.564. The third-order valence-corrected chi connectivity index (χ3v) is 12.0. The number of fused-ring (bicyclic) bond motifs is 1. The Hall–Kier alpha value is -6.50. The van der Waals surface area contributed by atoms with Gasteiger partial charge in [0.1, 0.15) is 24.5 Å². The molecule has 2 atom stereocenters. The van der Waals surface area contributed by atoms with Crippen molar-refractivity contribution in [3.63, 3.8) is 0 Å². The number of amides is 6. The van der Waals surface area contributed by atoms with Crippen molar-refractivity contribution in [1.82, 2.24) is 25.5 Å². The maximum Gasteiger partial charge on any atom is 0.273 e. The van der Waals surface area contributed by atoms with Crippen molar-refractivity contribution in [1.29, 1.82) is 5.26 Å². The number of rotatable bonds is 40. The Kier molecular flexibility index (Phi) is 29.4. The van der Waals surface area contributed by atoms with E-state index in [1.165, 1.54) is 9.96 Å². The standard InChI is InChI=1S/C55H76N8O16/c1-3-17-62(79-4-2)54(68)45-36-44-10-9-43(37-47(44)60-49(57)38-45)41-5-7-42(8-6-41)55(69)63-46(39-56)11-12-48(63)53(67)59-16-19-71-21-23-73-25-27-75-29-31-77-33-35-78-34-32-76-30-28-74-26-24-72-22-20-70-18-15-58-50(64)40-61-51(65)13-14-52(61)66/h5-10,13-14,36-37,46,48H,3-4,11-12,15-35,38,40H2,1-2H3,(H2,57,60)(H,58,64)(H,59,67)/t46-,48?/m0/s1. The molecule has 3 aliphatic heterocycles. The lowest BCUT2D eigenvalue weighted by Crippen LogP contribution is -2.49. The van der Waals surface area contributed by atoms with Crippen LogP contribution in [0.15, 0.2) is 65.2 Å². The van der Waals surface area contributed by atoms with Crippen molar-refractivity contribution >= 4 is 53.0 Å². The Morgan fingerprint density at radius 1 is 0.684 bits per heavy atom. The van der Waals surface area contributed by atoms with Crippen LogP contribution >= 0.6 is 0 Å². The largest absolute Gasteiger partial charge is 0.387 e. The minimum atomic E-state index is -0.803. The number of nitriles is 1. The van der Waals surface area contributed by atoms with Gasteiger partial charge in [-0.3, -0.25) is 38.5 Å². The van der Waals surface area contributed by atoms with Crippen LogP contribution in [-0.4, -0.2) is 220 Å². The number of hydroxylamine groups is 2. The highest BCUT2D eigenvalue weighted by Crippen LogP contribution is 2.33. The molecule has 3 aliphatic rings. The van der Waals surface area contributed by atoms with Gasteiger partial charge in [0.05, 0.1) is 137 Å². The summed E-state index contributed by atoms with van der Waals surface area (Å²) in [4.78, 5) is 87.6. The highest BCUT2D eigenvalue weighted by Gasteiger charge is 2.41. The van der Waals surface area contributed by atoms with Crippen LogP contribution in [0, 0.1) is 11.3 Å². The zero-order valence-electron chi connectivity index (χ0n) is 45.4. The Bertz CT molecular complexity index is 2370. The monoisotopic (exact) mass is 1100 g/mol. The van der Waals surface area contributed by atoms with E-state index in [4.69, 9.17) is 53.2 Å². The van der Waals surface area contributed by atoms with Crippen LogP contribution in [0.4, 0.5) is 5.69 Å². The summed E-state index contributed by atoms with van der Waals surface area (Å²) in [6.45, 7) is 11.6. The van der Waals surface area contributed by atoms with E-state index in [1.807, 2.05) is 32.0 Å². The molecule has 432 valence electrons. The summed E-state index contributed by atoms with van der Waals surface area (Å²) < 4.78 is 49.5. The first kappa shape index (κ1) is 63.3. The van der Waals surface area contributed by atoms with Gasteiger partial charge in [-0.25, -0.2) is 10.1 Å². The molecule has 0 spiro atoms. The van der Waals surface area contributed by atoms with Crippen molar-refractivity contribution in [2.45, 2.75) is 51.6 Å². The molecule has 0 aliphatic carbocycles. The lowest BCUT2D eigenvalue weighted by Gasteiger charge is -2.26. The molecule has 4 N–H and O–H groups in total. The van der Waals surface area contributed by atoms with Gasteiger partial charge in [-0.1, -0.05) is 31.2 Å². The molecule has 6 amide bonds. The minimum Gasteiger partial charge on any atom is -0.387 e. The molecule has 2 aromatic carbocycles. The van der Waals surface area contributed by atoms with Gasteiger partial charge in [0.2, 0.25) is 11.8 Å². The van der Waals surface area contributed by atoms with Gasteiger partial charge in [0.25, 0.3) is 23.6 Å². The van der Waals surface area contributed by atoms with Gasteiger partial charge in [-0.15, -0.1) is 0 Å². The molecule has 0 bridgehead atoms. The maximum atomic E-state index is 13.8. The third kappa shape index (κ3) is 22.3. The number of hydrogen-bond acceptors (Lipinski definition) is 19. The summed E-state index contributed by atoms with van der Waals surface area (Å²) in [5, 5.41) is 16.7. The fourth-order valence-electron chi connectivity index (χ4n) is 8.16. The van der Waals surface area contributed by atoms with Gasteiger partial charge >= 0.3 is 0 Å². The van der Waals surface area contributed by atoms with E-state index in [-0.39, 0.29) is 51.1 Å². The summed E-state index contributed by atoms with van der Waals surface area (Å²) in [5.41, 5.74) is 10.1. The predicted molar refractivity (Wildman–Crippen MR) is 287 cm³/mol. The SMILES string of the molecule is CCCN(OCC)C(=O)C1=Cc2ccc(-c3ccc(C(=O)N4C(C(=O)NCCOCCOCCOCCOCCOCCOCCOCCOCCOCCNC(=O)CN5C(=O)C=CC5=O)CC[C@H]4C#N)cc3)cc2N=C(N)C1. The van der Waals surface area contributed by atoms with E-state index in [0.717, 1.165) is 40.2 Å². The van der Waals surface area contributed by atoms with Crippen molar-refractivity contribution in [3.05, 3.63) is 71.3 Å². The summed E-state index contributed by atoms with van der Waals surface area (Å²) in [7, 11) is 0. The topological polar surface area (TPSA) is 291 Å². The first-order valence-corrected chi connectivity index (χ1v) is 26.8. The first-order chi connectivity index (χ1) is 38.5. The maximum absolute atomic E-state index is 13.8. The van der Waals surface area contributed by atoms with E-state index < -0.39 is 35.7 Å². The van der Waals surface area contributed by atoms with Crippen LogP contribution in [0.3, 0.4) is 0 Å². The van der Waals surface area contributed by atoms with Crippen LogP contribution in [0.2, 0.25) is 0 Å². The number of carbonyl (C=O) groups is 6. The highest BCUT2D eigenvalue weighted by molar-refractivity contribution is 6.14. The molecule has 1 fully saturated rings. The van der Waals surface area contributed by atoms with Crippen LogP contribution < -0.4 is 16.4 Å². The number of amidine groups is 1. The lowest BCUT2D eigenvalue weighted by molar-refractivity contribution is -0.180. The normalized spacial score (nSPS) is 15.9. The summed E-state index contributed by atoms with van der Waals surface area (Å²) in [6.07, 6.45) is 5.71. The van der Waals surface area contributed by atoms with Crippen molar-refractivity contribution in [3.8, 4) is 17.2 Å². The molecule has 79 heavy (non-hydrogen) atoms. The zero-order chi connectivity index (χ0) is 56.5. The van der Waals surface area contributed by atoms with E-state index in [2.05, 4.69) is 21.7 Å². The van der Waals surface area contributed by atoms with E-state index in [0.29, 0.717) is 154 Å². The number of aliphatic imine (C=N–C) groups is 1. The lowest BCUT2D eigenvalue weighted by atomic mass is 9.99. The quantitative estimate of drug-likeness (QED) is 0.0489. The Morgan fingerprint density at radius 3 is 1.67 bits per heavy atom. The third-order valence-electron chi connectivity index (χ3n) is 12.0. The summed E-state index contributed by atoms with van der Waals surface area (Å²) in [6, 6.07) is 13.3. The van der Waals surface area contributed by atoms with Crippen molar-refractivity contribution in [2.75, 3.05) is 152 Å². The Balaban J connectivity index is 0.812. The molecule has 0 radical (unpaired) electrons. The molecule has 1 unspecified atom stereocenters. The molecule has 24 heteroatoms.